The van der Waals surface area contributed by atoms with Crippen LogP contribution in [0.15, 0.2) is 98.8 Å². The lowest BCUT2D eigenvalue weighted by Gasteiger charge is -2.14. The molecule has 0 aliphatic carbocycles. The molecule has 7 heteroatoms. The van der Waals surface area contributed by atoms with Gasteiger partial charge in [-0.2, -0.15) is 0 Å². The molecule has 3 nitrogen and oxygen atoms in total. The maximum Gasteiger partial charge on any atom is 0.266 e. The van der Waals surface area contributed by atoms with Crippen LogP contribution in [0.1, 0.15) is 16.7 Å². The van der Waals surface area contributed by atoms with Gasteiger partial charge in [-0.05, 0) is 77.5 Å². The minimum Gasteiger partial charge on any atom is -0.487 e. The zero-order chi connectivity index (χ0) is 24.4. The van der Waals surface area contributed by atoms with Gasteiger partial charge in [0.05, 0.1) is 20.4 Å². The van der Waals surface area contributed by atoms with Crippen molar-refractivity contribution in [1.82, 2.24) is 4.90 Å². The molecule has 35 heavy (non-hydrogen) atoms. The van der Waals surface area contributed by atoms with Crippen LogP contribution in [0.25, 0.3) is 16.8 Å². The van der Waals surface area contributed by atoms with E-state index in [0.717, 1.165) is 25.6 Å². The van der Waals surface area contributed by atoms with Crippen molar-refractivity contribution in [3.8, 4) is 5.75 Å². The Morgan fingerprint density at radius 1 is 0.914 bits per heavy atom. The zero-order valence-corrected chi connectivity index (χ0v) is 23.2. The lowest BCUT2D eigenvalue weighted by atomic mass is 10.1. The smallest absolute Gasteiger partial charge is 0.266 e. The quantitative estimate of drug-likeness (QED) is 0.159. The third-order valence-corrected chi connectivity index (χ3v) is 8.18. The lowest BCUT2D eigenvalue weighted by Crippen LogP contribution is -2.27. The second-order valence-electron chi connectivity index (χ2n) is 7.99. The number of hydrogen-bond donors (Lipinski definition) is 0. The topological polar surface area (TPSA) is 29.5 Å². The van der Waals surface area contributed by atoms with E-state index in [2.05, 4.69) is 56.1 Å². The number of rotatable bonds is 6. The van der Waals surface area contributed by atoms with Gasteiger partial charge >= 0.3 is 0 Å². The van der Waals surface area contributed by atoms with E-state index in [1.807, 2.05) is 66.7 Å². The largest absolute Gasteiger partial charge is 0.487 e. The number of halogens is 2. The molecule has 1 saturated heterocycles. The number of thioether (sulfide) groups is 1. The fourth-order valence-electron chi connectivity index (χ4n) is 3.92. The summed E-state index contributed by atoms with van der Waals surface area (Å²) < 4.78 is 8.37. The number of carbonyl (C=O) groups is 1. The second-order valence-corrected chi connectivity index (χ2v) is 11.4. The maximum absolute atomic E-state index is 13.0. The first-order valence-corrected chi connectivity index (χ1v) is 13.7. The summed E-state index contributed by atoms with van der Waals surface area (Å²) in [4.78, 5) is 15.3. The molecular weight excluding hydrogens is 606 g/mol. The first kappa shape index (κ1) is 24.3. The number of benzene rings is 4. The van der Waals surface area contributed by atoms with Crippen LogP contribution in [0.2, 0.25) is 0 Å². The molecular formula is C28H19Br2NO2S2. The minimum atomic E-state index is -0.0765. The first-order chi connectivity index (χ1) is 17.0. The number of carbonyl (C=O) groups excluding carboxylic acids is 1. The number of nitrogens with zero attached hydrogens (tertiary/aromatic N) is 1. The van der Waals surface area contributed by atoms with Crippen LogP contribution in [0.4, 0.5) is 0 Å². The maximum atomic E-state index is 13.0. The second kappa shape index (κ2) is 10.7. The summed E-state index contributed by atoms with van der Waals surface area (Å²) in [5.74, 6) is 0.638. The minimum absolute atomic E-state index is 0.0765. The molecule has 1 aliphatic rings. The van der Waals surface area contributed by atoms with Crippen LogP contribution in [0.5, 0.6) is 5.75 Å². The van der Waals surface area contributed by atoms with Crippen molar-refractivity contribution in [3.63, 3.8) is 0 Å². The van der Waals surface area contributed by atoms with Gasteiger partial charge in [-0.25, -0.2) is 0 Å². The van der Waals surface area contributed by atoms with Crippen LogP contribution >= 0.6 is 55.8 Å². The van der Waals surface area contributed by atoms with Crippen LogP contribution in [0.3, 0.4) is 0 Å². The molecule has 5 rings (SSSR count). The molecule has 0 bridgehead atoms. The molecule has 4 aromatic carbocycles. The van der Waals surface area contributed by atoms with E-state index in [1.165, 1.54) is 22.5 Å². The molecule has 1 fully saturated rings. The first-order valence-electron chi connectivity index (χ1n) is 10.9. The van der Waals surface area contributed by atoms with E-state index in [9.17, 15) is 4.79 Å². The van der Waals surface area contributed by atoms with Gasteiger partial charge in [-0.1, -0.05) is 96.8 Å². The predicted molar refractivity (Wildman–Crippen MR) is 155 cm³/mol. The molecule has 174 valence electrons. The van der Waals surface area contributed by atoms with Crippen molar-refractivity contribution in [1.29, 1.82) is 0 Å². The van der Waals surface area contributed by atoms with Crippen LogP contribution in [-0.4, -0.2) is 15.1 Å². The number of fused-ring (bicyclic) bond motifs is 1. The van der Waals surface area contributed by atoms with Crippen molar-refractivity contribution >= 4 is 82.9 Å². The van der Waals surface area contributed by atoms with E-state index in [4.69, 9.17) is 17.0 Å². The fraction of sp³-hybridized carbons (Fsp3) is 0.0714. The summed E-state index contributed by atoms with van der Waals surface area (Å²) in [6.07, 6.45) is 1.87. The Balaban J connectivity index is 1.34. The highest BCUT2D eigenvalue weighted by Gasteiger charge is 2.32. The molecule has 0 unspecified atom stereocenters. The van der Waals surface area contributed by atoms with E-state index in [-0.39, 0.29) is 5.91 Å². The van der Waals surface area contributed by atoms with Crippen molar-refractivity contribution in [2.24, 2.45) is 0 Å². The SMILES string of the molecule is O=C1/C(=C\c2cc(Br)c(OCc3cccc4ccccc34)c(Br)c2)SC(=S)N1Cc1ccccc1. The number of ether oxygens (including phenoxy) is 1. The average molecular weight is 625 g/mol. The number of thiocarbonyl (C=S) groups is 1. The van der Waals surface area contributed by atoms with Gasteiger partial charge in [-0.15, -0.1) is 0 Å². The number of hydrogen-bond acceptors (Lipinski definition) is 4. The van der Waals surface area contributed by atoms with Crippen molar-refractivity contribution in [2.45, 2.75) is 13.2 Å². The highest BCUT2D eigenvalue weighted by Crippen LogP contribution is 2.38. The monoisotopic (exact) mass is 623 g/mol. The van der Waals surface area contributed by atoms with Gasteiger partial charge in [0.1, 0.15) is 16.7 Å². The zero-order valence-electron chi connectivity index (χ0n) is 18.4. The number of amides is 1. The molecule has 0 aromatic heterocycles. The normalized spacial score (nSPS) is 14.8. The Bertz CT molecular complexity index is 1440. The molecule has 0 radical (unpaired) electrons. The van der Waals surface area contributed by atoms with E-state index in [0.29, 0.717) is 28.1 Å². The van der Waals surface area contributed by atoms with Gasteiger partial charge in [0.25, 0.3) is 5.91 Å². The predicted octanol–water partition coefficient (Wildman–Crippen LogP) is 8.35. The van der Waals surface area contributed by atoms with Gasteiger partial charge in [0, 0.05) is 0 Å². The molecule has 0 N–H and O–H groups in total. The van der Waals surface area contributed by atoms with Gasteiger partial charge in [0.15, 0.2) is 0 Å². The molecule has 0 spiro atoms. The molecule has 1 aliphatic heterocycles. The summed E-state index contributed by atoms with van der Waals surface area (Å²) in [6.45, 7) is 0.910. The Labute approximate surface area is 230 Å². The molecule has 1 amide bonds. The van der Waals surface area contributed by atoms with Gasteiger partial charge in [-0.3, -0.25) is 9.69 Å². The molecule has 4 aromatic rings. The third kappa shape index (κ3) is 5.38. The summed E-state index contributed by atoms with van der Waals surface area (Å²) in [5, 5.41) is 2.36. The highest BCUT2D eigenvalue weighted by molar-refractivity contribution is 9.11. The summed E-state index contributed by atoms with van der Waals surface area (Å²) in [5.41, 5.74) is 3.04. The Morgan fingerprint density at radius 3 is 2.37 bits per heavy atom. The molecule has 1 heterocycles. The average Bonchev–Trinajstić information content (AvgIpc) is 3.11. The molecule has 0 saturated carbocycles. The molecule has 0 atom stereocenters. The third-order valence-electron chi connectivity index (χ3n) is 5.63. The van der Waals surface area contributed by atoms with Crippen LogP contribution < -0.4 is 4.74 Å². The summed E-state index contributed by atoms with van der Waals surface area (Å²) in [7, 11) is 0. The van der Waals surface area contributed by atoms with E-state index >= 15 is 0 Å². The summed E-state index contributed by atoms with van der Waals surface area (Å²) in [6, 6.07) is 28.3. The van der Waals surface area contributed by atoms with Crippen molar-refractivity contribution in [3.05, 3.63) is 115 Å². The lowest BCUT2D eigenvalue weighted by molar-refractivity contribution is -0.122. The van der Waals surface area contributed by atoms with Gasteiger partial charge in [0.2, 0.25) is 0 Å². The van der Waals surface area contributed by atoms with E-state index in [1.54, 1.807) is 4.90 Å². The highest BCUT2D eigenvalue weighted by atomic mass is 79.9. The van der Waals surface area contributed by atoms with E-state index < -0.39 is 0 Å². The van der Waals surface area contributed by atoms with Crippen molar-refractivity contribution < 1.29 is 9.53 Å². The Morgan fingerprint density at radius 2 is 1.60 bits per heavy atom. The van der Waals surface area contributed by atoms with Crippen molar-refractivity contribution in [2.75, 3.05) is 0 Å². The van der Waals surface area contributed by atoms with Crippen LogP contribution in [-0.2, 0) is 17.9 Å². The Hall–Kier alpha value is -2.45. The van der Waals surface area contributed by atoms with Crippen LogP contribution in [0, 0.1) is 0 Å². The standard InChI is InChI=1S/C28H19Br2NO2S2/c29-23-13-19(15-25-27(32)31(28(34)35-25)16-18-7-2-1-3-8-18)14-24(30)26(23)33-17-21-11-6-10-20-9-4-5-12-22(20)21/h1-15H,16-17H2/b25-15+. The summed E-state index contributed by atoms with van der Waals surface area (Å²) >= 11 is 14.1. The fourth-order valence-corrected chi connectivity index (χ4v) is 6.63. The Kier molecular flexibility index (Phi) is 7.39. The van der Waals surface area contributed by atoms with Gasteiger partial charge < -0.3 is 4.74 Å².